The monoisotopic (exact) mass is 220 g/mol. The van der Waals surface area contributed by atoms with Gasteiger partial charge >= 0.3 is 0 Å². The minimum absolute atomic E-state index is 0.225. The van der Waals surface area contributed by atoms with E-state index in [-0.39, 0.29) is 24.0 Å². The first-order valence-corrected chi connectivity index (χ1v) is 6.15. The van der Waals surface area contributed by atoms with Crippen LogP contribution in [0.5, 0.6) is 0 Å². The molecule has 4 unspecified atom stereocenters. The van der Waals surface area contributed by atoms with Crippen molar-refractivity contribution in [1.82, 2.24) is 0 Å². The van der Waals surface area contributed by atoms with Crippen LogP contribution in [0.3, 0.4) is 0 Å². The molecule has 0 radical (unpaired) electrons. The fourth-order valence-corrected chi connectivity index (χ4v) is 2.38. The summed E-state index contributed by atoms with van der Waals surface area (Å²) < 4.78 is 0. The average molecular weight is 220 g/mol. The second-order valence-corrected chi connectivity index (χ2v) is 4.70. The van der Waals surface area contributed by atoms with Gasteiger partial charge in [0.2, 0.25) is 0 Å². The Labute approximate surface area is 97.0 Å². The van der Waals surface area contributed by atoms with Gasteiger partial charge in [-0.05, 0) is 25.7 Å². The summed E-state index contributed by atoms with van der Waals surface area (Å²) in [6.45, 7) is 0. The Morgan fingerprint density at radius 2 is 1.25 bits per heavy atom. The number of aliphatic hydroxyl groups excluding tert-OH is 2. The maximum atomic E-state index is 9.75. The average Bonchev–Trinajstić information content (AvgIpc) is 2.30. The molecule has 0 saturated heterocycles. The first-order valence-electron chi connectivity index (χ1n) is 6.15. The second-order valence-electron chi connectivity index (χ2n) is 4.70. The van der Waals surface area contributed by atoms with Crippen molar-refractivity contribution in [2.24, 2.45) is 11.8 Å². The highest BCUT2D eigenvalue weighted by Crippen LogP contribution is 2.24. The zero-order chi connectivity index (χ0) is 11.4. The minimum Gasteiger partial charge on any atom is -0.388 e. The molecule has 2 rings (SSSR count). The molecule has 0 aromatic carbocycles. The smallest absolute Gasteiger partial charge is 0.0783 e. The zero-order valence-corrected chi connectivity index (χ0v) is 9.50. The molecule has 2 aliphatic rings. The predicted molar refractivity (Wildman–Crippen MR) is 64.9 cm³/mol. The van der Waals surface area contributed by atoms with Gasteiger partial charge in [0.05, 0.1) is 12.2 Å². The number of allylic oxidation sites excluding steroid dienone is 2. The van der Waals surface area contributed by atoms with Crippen LogP contribution >= 0.6 is 0 Å². The molecule has 88 valence electrons. The van der Waals surface area contributed by atoms with E-state index in [2.05, 4.69) is 12.2 Å². The van der Waals surface area contributed by atoms with E-state index in [1.54, 1.807) is 0 Å². The minimum atomic E-state index is -0.346. The van der Waals surface area contributed by atoms with Gasteiger partial charge in [0.1, 0.15) is 0 Å². The molecule has 2 aliphatic carbocycles. The van der Waals surface area contributed by atoms with Crippen molar-refractivity contribution >= 4 is 0 Å². The molecule has 4 atom stereocenters. The van der Waals surface area contributed by atoms with Crippen molar-refractivity contribution in [3.05, 3.63) is 36.5 Å². The molecule has 2 heteroatoms. The SMILES string of the molecule is OC1C=CCCC1C=CC1CCC=CC1O. The summed E-state index contributed by atoms with van der Waals surface area (Å²) in [5.74, 6) is 0.450. The van der Waals surface area contributed by atoms with Crippen molar-refractivity contribution < 1.29 is 10.2 Å². The van der Waals surface area contributed by atoms with E-state index < -0.39 is 0 Å². The Morgan fingerprint density at radius 1 is 0.812 bits per heavy atom. The maximum Gasteiger partial charge on any atom is 0.0783 e. The van der Waals surface area contributed by atoms with E-state index in [1.807, 2.05) is 24.3 Å². The summed E-state index contributed by atoms with van der Waals surface area (Å²) in [5, 5.41) is 19.5. The molecule has 0 aromatic heterocycles. The summed E-state index contributed by atoms with van der Waals surface area (Å²) in [6.07, 6.45) is 15.4. The molecule has 2 N–H and O–H groups in total. The quantitative estimate of drug-likeness (QED) is 0.700. The van der Waals surface area contributed by atoms with Crippen LogP contribution in [0.25, 0.3) is 0 Å². The van der Waals surface area contributed by atoms with Crippen molar-refractivity contribution in [3.8, 4) is 0 Å². The Hall–Kier alpha value is -0.860. The maximum absolute atomic E-state index is 9.75. The summed E-state index contributed by atoms with van der Waals surface area (Å²) in [6, 6.07) is 0. The molecular weight excluding hydrogens is 200 g/mol. The lowest BCUT2D eigenvalue weighted by Gasteiger charge is -2.23. The number of aliphatic hydroxyl groups is 2. The lowest BCUT2D eigenvalue weighted by molar-refractivity contribution is 0.157. The fraction of sp³-hybridized carbons (Fsp3) is 0.571. The first-order chi connectivity index (χ1) is 7.77. The Balaban J connectivity index is 1.93. The lowest BCUT2D eigenvalue weighted by Crippen LogP contribution is -2.21. The Morgan fingerprint density at radius 3 is 1.62 bits per heavy atom. The molecule has 0 spiro atoms. The van der Waals surface area contributed by atoms with Gasteiger partial charge < -0.3 is 10.2 Å². The van der Waals surface area contributed by atoms with Gasteiger partial charge in [0, 0.05) is 11.8 Å². The van der Waals surface area contributed by atoms with Gasteiger partial charge in [-0.25, -0.2) is 0 Å². The molecular formula is C14H20O2. The highest BCUT2D eigenvalue weighted by molar-refractivity contribution is 5.09. The third-order valence-electron chi connectivity index (χ3n) is 3.48. The van der Waals surface area contributed by atoms with Gasteiger partial charge in [-0.15, -0.1) is 0 Å². The van der Waals surface area contributed by atoms with Crippen LogP contribution in [0.4, 0.5) is 0 Å². The zero-order valence-electron chi connectivity index (χ0n) is 9.50. The van der Waals surface area contributed by atoms with Crippen LogP contribution in [-0.4, -0.2) is 22.4 Å². The normalized spacial score (nSPS) is 39.4. The van der Waals surface area contributed by atoms with Crippen LogP contribution in [0.1, 0.15) is 25.7 Å². The van der Waals surface area contributed by atoms with E-state index in [0.717, 1.165) is 25.7 Å². The van der Waals surface area contributed by atoms with E-state index in [1.165, 1.54) is 0 Å². The van der Waals surface area contributed by atoms with E-state index in [9.17, 15) is 10.2 Å². The molecule has 0 saturated carbocycles. The first kappa shape index (κ1) is 11.6. The highest BCUT2D eigenvalue weighted by Gasteiger charge is 2.19. The van der Waals surface area contributed by atoms with Crippen LogP contribution in [0, 0.1) is 11.8 Å². The molecule has 16 heavy (non-hydrogen) atoms. The van der Waals surface area contributed by atoms with Gasteiger partial charge in [0.25, 0.3) is 0 Å². The standard InChI is InChI=1S/C14H20O2/c15-13-7-3-1-5-11(13)9-10-12-6-2-4-8-14(12)16/h3-4,7-16H,1-2,5-6H2. The third-order valence-corrected chi connectivity index (χ3v) is 3.48. The van der Waals surface area contributed by atoms with Crippen molar-refractivity contribution in [3.63, 3.8) is 0 Å². The summed E-state index contributed by atoms with van der Waals surface area (Å²) >= 11 is 0. The highest BCUT2D eigenvalue weighted by atomic mass is 16.3. The molecule has 0 aromatic rings. The predicted octanol–water partition coefficient (Wildman–Crippen LogP) is 2.20. The van der Waals surface area contributed by atoms with Crippen molar-refractivity contribution in [2.75, 3.05) is 0 Å². The van der Waals surface area contributed by atoms with Crippen LogP contribution in [0.2, 0.25) is 0 Å². The molecule has 0 bridgehead atoms. The summed E-state index contributed by atoms with van der Waals surface area (Å²) in [7, 11) is 0. The molecule has 0 fully saturated rings. The van der Waals surface area contributed by atoms with Crippen LogP contribution < -0.4 is 0 Å². The molecule has 0 aliphatic heterocycles. The number of rotatable bonds is 2. The number of hydrogen-bond acceptors (Lipinski definition) is 2. The van der Waals surface area contributed by atoms with E-state index in [4.69, 9.17) is 0 Å². The van der Waals surface area contributed by atoms with Crippen LogP contribution in [-0.2, 0) is 0 Å². The van der Waals surface area contributed by atoms with Crippen LogP contribution in [0.15, 0.2) is 36.5 Å². The fourth-order valence-electron chi connectivity index (χ4n) is 2.38. The van der Waals surface area contributed by atoms with E-state index in [0.29, 0.717) is 0 Å². The third kappa shape index (κ3) is 2.83. The summed E-state index contributed by atoms with van der Waals surface area (Å²) in [5.41, 5.74) is 0. The van der Waals surface area contributed by atoms with Crippen molar-refractivity contribution in [2.45, 2.75) is 37.9 Å². The Kier molecular flexibility index (Phi) is 3.97. The van der Waals surface area contributed by atoms with Gasteiger partial charge in [0.15, 0.2) is 0 Å². The van der Waals surface area contributed by atoms with Crippen molar-refractivity contribution in [1.29, 1.82) is 0 Å². The largest absolute Gasteiger partial charge is 0.388 e. The molecule has 0 amide bonds. The second kappa shape index (κ2) is 5.46. The Bertz CT molecular complexity index is 274. The van der Waals surface area contributed by atoms with Gasteiger partial charge in [-0.3, -0.25) is 0 Å². The van der Waals surface area contributed by atoms with Gasteiger partial charge in [-0.1, -0.05) is 36.5 Å². The molecule has 2 nitrogen and oxygen atoms in total. The lowest BCUT2D eigenvalue weighted by atomic mass is 9.87. The summed E-state index contributed by atoms with van der Waals surface area (Å²) in [4.78, 5) is 0. The van der Waals surface area contributed by atoms with E-state index >= 15 is 0 Å². The van der Waals surface area contributed by atoms with Gasteiger partial charge in [-0.2, -0.15) is 0 Å². The molecule has 0 heterocycles. The number of hydrogen-bond donors (Lipinski definition) is 2. The topological polar surface area (TPSA) is 40.5 Å².